The highest BCUT2D eigenvalue weighted by Gasteiger charge is 2.08. The minimum absolute atomic E-state index is 0.235. The van der Waals surface area contributed by atoms with Gasteiger partial charge >= 0.3 is 0 Å². The molecule has 1 N–H and O–H groups in total. The number of anilines is 1. The number of rotatable bonds is 6. The lowest BCUT2D eigenvalue weighted by Crippen LogP contribution is -2.05. The van der Waals surface area contributed by atoms with Crippen molar-refractivity contribution in [3.63, 3.8) is 0 Å². The minimum atomic E-state index is 0.235. The van der Waals surface area contributed by atoms with E-state index in [9.17, 15) is 0 Å². The quantitative estimate of drug-likeness (QED) is 0.774. The molecule has 0 aliphatic rings. The van der Waals surface area contributed by atoms with Gasteiger partial charge in [-0.25, -0.2) is 0 Å². The van der Waals surface area contributed by atoms with Gasteiger partial charge in [-0.2, -0.15) is 0 Å². The monoisotopic (exact) mass is 295 g/mol. The molecule has 4 heteroatoms. The van der Waals surface area contributed by atoms with Gasteiger partial charge in [-0.3, -0.25) is 0 Å². The van der Waals surface area contributed by atoms with E-state index >= 15 is 0 Å². The molecule has 0 fully saturated rings. The second-order valence-corrected chi connectivity index (χ2v) is 6.13. The average molecular weight is 296 g/mol. The fourth-order valence-corrected chi connectivity index (χ4v) is 2.84. The molecule has 102 valence electrons. The molecule has 2 nitrogen and oxygen atoms in total. The number of nitrogens with one attached hydrogen (secondary N) is 1. The summed E-state index contributed by atoms with van der Waals surface area (Å²) in [5.74, 6) is 0.906. The van der Waals surface area contributed by atoms with Crippen LogP contribution >= 0.6 is 22.9 Å². The Kier molecular flexibility index (Phi) is 5.11. The Morgan fingerprint density at radius 1 is 1.32 bits per heavy atom. The summed E-state index contributed by atoms with van der Waals surface area (Å²) < 4.78 is 6.45. The van der Waals surface area contributed by atoms with Crippen LogP contribution in [0.25, 0.3) is 0 Å². The Morgan fingerprint density at radius 3 is 2.84 bits per heavy atom. The summed E-state index contributed by atoms with van der Waals surface area (Å²) in [6, 6.07) is 12.3. The first kappa shape index (κ1) is 14.2. The molecule has 0 saturated carbocycles. The van der Waals surface area contributed by atoms with Crippen molar-refractivity contribution in [1.82, 2.24) is 0 Å². The van der Waals surface area contributed by atoms with Crippen LogP contribution in [0.15, 0.2) is 36.4 Å². The fraction of sp³-hybridized carbons (Fsp3) is 0.333. The zero-order chi connectivity index (χ0) is 13.7. The van der Waals surface area contributed by atoms with Crippen molar-refractivity contribution in [3.8, 4) is 5.75 Å². The van der Waals surface area contributed by atoms with E-state index in [1.54, 1.807) is 11.3 Å². The van der Waals surface area contributed by atoms with E-state index in [2.05, 4.69) is 25.2 Å². The first-order valence-corrected chi connectivity index (χ1v) is 7.63. The van der Waals surface area contributed by atoms with E-state index in [-0.39, 0.29) is 6.04 Å². The number of halogens is 1. The third kappa shape index (κ3) is 4.15. The van der Waals surface area contributed by atoms with Crippen LogP contribution in [0.3, 0.4) is 0 Å². The minimum Gasteiger partial charge on any atom is -0.494 e. The molecule has 1 aromatic heterocycles. The summed E-state index contributed by atoms with van der Waals surface area (Å²) in [7, 11) is 0. The van der Waals surface area contributed by atoms with Crippen LogP contribution < -0.4 is 10.1 Å². The summed E-state index contributed by atoms with van der Waals surface area (Å²) in [4.78, 5) is 1.23. The van der Waals surface area contributed by atoms with E-state index in [0.717, 1.165) is 28.8 Å². The van der Waals surface area contributed by atoms with Crippen LogP contribution in [-0.4, -0.2) is 6.61 Å². The number of hydrogen-bond donors (Lipinski definition) is 1. The Hall–Kier alpha value is -1.19. The summed E-state index contributed by atoms with van der Waals surface area (Å²) in [5, 5.41) is 3.46. The predicted molar refractivity (Wildman–Crippen MR) is 83.6 cm³/mol. The van der Waals surface area contributed by atoms with Crippen molar-refractivity contribution in [3.05, 3.63) is 45.6 Å². The lowest BCUT2D eigenvalue weighted by Gasteiger charge is -2.14. The zero-order valence-corrected chi connectivity index (χ0v) is 12.7. The SMILES string of the molecule is CCCOc1cccc(NC(C)c2ccc(Cl)s2)c1. The molecule has 1 heterocycles. The topological polar surface area (TPSA) is 21.3 Å². The van der Waals surface area contributed by atoms with Crippen LogP contribution in [0.4, 0.5) is 5.69 Å². The molecule has 1 atom stereocenters. The van der Waals surface area contributed by atoms with Crippen LogP contribution in [0.1, 0.15) is 31.2 Å². The Labute approximate surface area is 123 Å². The molecule has 1 aromatic carbocycles. The van der Waals surface area contributed by atoms with Gasteiger partial charge in [0, 0.05) is 16.6 Å². The molecule has 0 radical (unpaired) electrons. The van der Waals surface area contributed by atoms with Gasteiger partial charge in [-0.15, -0.1) is 11.3 Å². The highest BCUT2D eigenvalue weighted by atomic mass is 35.5. The Balaban J connectivity index is 2.02. The van der Waals surface area contributed by atoms with Crippen molar-refractivity contribution in [1.29, 1.82) is 0 Å². The van der Waals surface area contributed by atoms with Gasteiger partial charge in [0.05, 0.1) is 17.0 Å². The van der Waals surface area contributed by atoms with Gasteiger partial charge in [0.1, 0.15) is 5.75 Å². The average Bonchev–Trinajstić information content (AvgIpc) is 2.83. The molecular formula is C15H18ClNOS. The first-order valence-electron chi connectivity index (χ1n) is 6.43. The standard InChI is InChI=1S/C15H18ClNOS/c1-3-9-18-13-6-4-5-12(10-13)17-11(2)14-7-8-15(16)19-14/h4-8,10-11,17H,3,9H2,1-2H3. The largest absolute Gasteiger partial charge is 0.494 e. The number of ether oxygens (including phenoxy) is 1. The molecular weight excluding hydrogens is 278 g/mol. The Morgan fingerprint density at radius 2 is 2.16 bits per heavy atom. The second-order valence-electron chi connectivity index (χ2n) is 4.38. The van der Waals surface area contributed by atoms with Crippen molar-refractivity contribution >= 4 is 28.6 Å². The molecule has 0 bridgehead atoms. The lowest BCUT2D eigenvalue weighted by atomic mass is 10.2. The van der Waals surface area contributed by atoms with E-state index in [4.69, 9.17) is 16.3 Å². The molecule has 1 unspecified atom stereocenters. The van der Waals surface area contributed by atoms with Crippen LogP contribution in [0.5, 0.6) is 5.75 Å². The summed E-state index contributed by atoms with van der Waals surface area (Å²) in [6.07, 6.45) is 1.02. The van der Waals surface area contributed by atoms with Crippen molar-refractivity contribution in [2.45, 2.75) is 26.3 Å². The normalized spacial score (nSPS) is 12.2. The third-order valence-electron chi connectivity index (χ3n) is 2.71. The maximum absolute atomic E-state index is 5.96. The first-order chi connectivity index (χ1) is 9.19. The van der Waals surface area contributed by atoms with E-state index < -0.39 is 0 Å². The van der Waals surface area contributed by atoms with Crippen molar-refractivity contribution in [2.75, 3.05) is 11.9 Å². The molecule has 2 rings (SSSR count). The molecule has 2 aromatic rings. The molecule has 0 amide bonds. The predicted octanol–water partition coefficient (Wildman–Crippen LogP) is 5.36. The maximum Gasteiger partial charge on any atom is 0.121 e. The lowest BCUT2D eigenvalue weighted by molar-refractivity contribution is 0.317. The highest BCUT2D eigenvalue weighted by molar-refractivity contribution is 7.16. The van der Waals surface area contributed by atoms with E-state index in [1.165, 1.54) is 4.88 Å². The summed E-state index contributed by atoms with van der Waals surface area (Å²) >= 11 is 7.57. The van der Waals surface area contributed by atoms with Gasteiger partial charge < -0.3 is 10.1 Å². The van der Waals surface area contributed by atoms with E-state index in [1.807, 2.05) is 30.3 Å². The maximum atomic E-state index is 5.96. The fourth-order valence-electron chi connectivity index (χ4n) is 1.78. The number of thiophene rings is 1. The number of hydrogen-bond acceptors (Lipinski definition) is 3. The smallest absolute Gasteiger partial charge is 0.121 e. The van der Waals surface area contributed by atoms with Crippen molar-refractivity contribution < 1.29 is 4.74 Å². The van der Waals surface area contributed by atoms with Crippen LogP contribution in [0.2, 0.25) is 4.34 Å². The molecule has 0 spiro atoms. The van der Waals surface area contributed by atoms with Crippen LogP contribution in [-0.2, 0) is 0 Å². The highest BCUT2D eigenvalue weighted by Crippen LogP contribution is 2.29. The second kappa shape index (κ2) is 6.83. The summed E-state index contributed by atoms with van der Waals surface area (Å²) in [5.41, 5.74) is 1.06. The van der Waals surface area contributed by atoms with Gasteiger partial charge in [0.2, 0.25) is 0 Å². The van der Waals surface area contributed by atoms with Gasteiger partial charge in [-0.1, -0.05) is 24.6 Å². The third-order valence-corrected chi connectivity index (χ3v) is 4.12. The van der Waals surface area contributed by atoms with Gasteiger partial charge in [-0.05, 0) is 37.6 Å². The van der Waals surface area contributed by atoms with Crippen molar-refractivity contribution in [2.24, 2.45) is 0 Å². The molecule has 0 aliphatic heterocycles. The van der Waals surface area contributed by atoms with Gasteiger partial charge in [0.25, 0.3) is 0 Å². The van der Waals surface area contributed by atoms with E-state index in [0.29, 0.717) is 0 Å². The molecule has 0 saturated heterocycles. The molecule has 0 aliphatic carbocycles. The zero-order valence-electron chi connectivity index (χ0n) is 11.2. The van der Waals surface area contributed by atoms with Gasteiger partial charge in [0.15, 0.2) is 0 Å². The van der Waals surface area contributed by atoms with Crippen LogP contribution in [0, 0.1) is 0 Å². The summed E-state index contributed by atoms with van der Waals surface area (Å²) in [6.45, 7) is 4.98. The molecule has 19 heavy (non-hydrogen) atoms. The number of benzene rings is 1. The Bertz CT molecular complexity index is 526.